The van der Waals surface area contributed by atoms with Crippen molar-refractivity contribution in [3.05, 3.63) is 18.3 Å². The van der Waals surface area contributed by atoms with Gasteiger partial charge in [0.15, 0.2) is 0 Å². The smallest absolute Gasteiger partial charge is 0.244 e. The molecule has 5 nitrogen and oxygen atoms in total. The number of pyridine rings is 1. The molecule has 0 bridgehead atoms. The molecule has 5 heteroatoms. The molecule has 110 valence electrons. The highest BCUT2D eigenvalue weighted by Gasteiger charge is 2.25. The Labute approximate surface area is 120 Å². The molecule has 20 heavy (non-hydrogen) atoms. The molecule has 1 amide bonds. The summed E-state index contributed by atoms with van der Waals surface area (Å²) < 4.78 is 0. The van der Waals surface area contributed by atoms with Crippen molar-refractivity contribution in [3.63, 3.8) is 0 Å². The largest absolute Gasteiger partial charge is 0.357 e. The molecule has 0 spiro atoms. The van der Waals surface area contributed by atoms with Gasteiger partial charge in [-0.25, -0.2) is 4.98 Å². The fourth-order valence-corrected chi connectivity index (χ4v) is 2.17. The van der Waals surface area contributed by atoms with E-state index >= 15 is 0 Å². The Morgan fingerprint density at radius 2 is 1.95 bits per heavy atom. The normalized spacial score (nSPS) is 16.1. The van der Waals surface area contributed by atoms with Gasteiger partial charge in [-0.3, -0.25) is 4.79 Å². The predicted molar refractivity (Wildman–Crippen MR) is 82.1 cm³/mol. The molecule has 2 rings (SSSR count). The number of anilines is 2. The van der Waals surface area contributed by atoms with E-state index in [0.29, 0.717) is 0 Å². The van der Waals surface area contributed by atoms with Crippen molar-refractivity contribution in [2.45, 2.75) is 38.6 Å². The van der Waals surface area contributed by atoms with Gasteiger partial charge in [-0.05, 0) is 52.3 Å². The molecule has 0 unspecified atom stereocenters. The number of carbonyl (C=O) groups is 1. The zero-order valence-electron chi connectivity index (χ0n) is 12.6. The van der Waals surface area contributed by atoms with Crippen molar-refractivity contribution < 1.29 is 4.79 Å². The maximum absolute atomic E-state index is 12.0. The first-order valence-corrected chi connectivity index (χ1v) is 7.24. The Balaban J connectivity index is 1.99. The van der Waals surface area contributed by atoms with Gasteiger partial charge >= 0.3 is 0 Å². The maximum Gasteiger partial charge on any atom is 0.244 e. The van der Waals surface area contributed by atoms with Crippen LogP contribution in [0.25, 0.3) is 0 Å². The second kappa shape index (κ2) is 6.22. The van der Waals surface area contributed by atoms with Crippen LogP contribution in [0.5, 0.6) is 0 Å². The molecule has 2 N–H and O–H groups in total. The molecule has 0 aliphatic carbocycles. The van der Waals surface area contributed by atoms with Crippen molar-refractivity contribution in [2.24, 2.45) is 0 Å². The number of aromatic nitrogens is 1. The fourth-order valence-electron chi connectivity index (χ4n) is 2.17. The van der Waals surface area contributed by atoms with E-state index in [9.17, 15) is 4.79 Å². The molecular weight excluding hydrogens is 252 g/mol. The van der Waals surface area contributed by atoms with E-state index in [1.54, 1.807) is 13.2 Å². The van der Waals surface area contributed by atoms with Gasteiger partial charge in [-0.2, -0.15) is 0 Å². The highest BCUT2D eigenvalue weighted by Crippen LogP contribution is 2.19. The third kappa shape index (κ3) is 3.48. The zero-order valence-corrected chi connectivity index (χ0v) is 12.6. The number of nitrogens with one attached hydrogen (secondary N) is 2. The summed E-state index contributed by atoms with van der Waals surface area (Å²) in [6.45, 7) is 5.84. The molecule has 1 aromatic heterocycles. The quantitative estimate of drug-likeness (QED) is 0.883. The van der Waals surface area contributed by atoms with Crippen LogP contribution in [0.1, 0.15) is 33.1 Å². The minimum absolute atomic E-state index is 0.0625. The van der Waals surface area contributed by atoms with Crippen LogP contribution < -0.4 is 15.5 Å². The molecule has 1 fully saturated rings. The van der Waals surface area contributed by atoms with Crippen molar-refractivity contribution >= 4 is 17.4 Å². The van der Waals surface area contributed by atoms with Crippen LogP contribution in [0.4, 0.5) is 11.5 Å². The Morgan fingerprint density at radius 3 is 2.50 bits per heavy atom. The second-order valence-corrected chi connectivity index (χ2v) is 5.78. The summed E-state index contributed by atoms with van der Waals surface area (Å²) in [5, 5.41) is 5.86. The monoisotopic (exact) mass is 276 g/mol. The van der Waals surface area contributed by atoms with Crippen LogP contribution >= 0.6 is 0 Å². The number of amides is 1. The Bertz CT molecular complexity index is 449. The lowest BCUT2D eigenvalue weighted by Gasteiger charge is -2.28. The van der Waals surface area contributed by atoms with Crippen molar-refractivity contribution in [1.29, 1.82) is 0 Å². The molecule has 0 radical (unpaired) electrons. The van der Waals surface area contributed by atoms with Crippen molar-refractivity contribution in [1.82, 2.24) is 10.3 Å². The third-order valence-electron chi connectivity index (χ3n) is 3.88. The van der Waals surface area contributed by atoms with Gasteiger partial charge in [-0.15, -0.1) is 0 Å². The first kappa shape index (κ1) is 14.8. The average molecular weight is 276 g/mol. The van der Waals surface area contributed by atoms with Crippen molar-refractivity contribution in [2.75, 3.05) is 30.4 Å². The van der Waals surface area contributed by atoms with E-state index in [1.165, 1.54) is 19.3 Å². The molecule has 0 aromatic carbocycles. The molecule has 0 atom stereocenters. The van der Waals surface area contributed by atoms with Crippen LogP contribution in [0.15, 0.2) is 18.3 Å². The minimum atomic E-state index is -0.592. The third-order valence-corrected chi connectivity index (χ3v) is 3.88. The number of carbonyl (C=O) groups excluding carboxylic acids is 1. The molecule has 1 aliphatic heterocycles. The summed E-state index contributed by atoms with van der Waals surface area (Å²) in [6.07, 6.45) is 5.50. The van der Waals surface area contributed by atoms with Gasteiger partial charge in [0.1, 0.15) is 5.82 Å². The number of piperidine rings is 1. The number of nitrogens with zero attached hydrogens (tertiary/aromatic N) is 2. The van der Waals surface area contributed by atoms with Crippen LogP contribution in [-0.2, 0) is 4.79 Å². The van der Waals surface area contributed by atoms with Gasteiger partial charge in [0.05, 0.1) is 17.4 Å². The van der Waals surface area contributed by atoms with E-state index < -0.39 is 5.54 Å². The summed E-state index contributed by atoms with van der Waals surface area (Å²) in [7, 11) is 1.78. The molecule has 1 saturated heterocycles. The van der Waals surface area contributed by atoms with E-state index in [-0.39, 0.29) is 5.91 Å². The van der Waals surface area contributed by atoms with E-state index in [0.717, 1.165) is 24.6 Å². The van der Waals surface area contributed by atoms with Crippen LogP contribution in [0.3, 0.4) is 0 Å². The first-order valence-electron chi connectivity index (χ1n) is 7.24. The number of hydrogen-bond acceptors (Lipinski definition) is 4. The molecular formula is C15H24N4O. The number of likely N-dealkylation sites (N-methyl/N-ethyl adjacent to an activating group) is 1. The minimum Gasteiger partial charge on any atom is -0.357 e. The van der Waals surface area contributed by atoms with Crippen LogP contribution in [0, 0.1) is 0 Å². The van der Waals surface area contributed by atoms with Crippen LogP contribution in [-0.4, -0.2) is 36.6 Å². The maximum atomic E-state index is 12.0. The lowest BCUT2D eigenvalue weighted by Crippen LogP contribution is -2.47. The highest BCUT2D eigenvalue weighted by atomic mass is 16.2. The topological polar surface area (TPSA) is 57.3 Å². The second-order valence-electron chi connectivity index (χ2n) is 5.78. The van der Waals surface area contributed by atoms with E-state index in [1.807, 2.05) is 26.0 Å². The SMILES string of the molecule is CNC(C)(C)C(=O)Nc1ccc(N2CCCCC2)nc1. The van der Waals surface area contributed by atoms with Gasteiger partial charge in [0.25, 0.3) is 0 Å². The summed E-state index contributed by atoms with van der Waals surface area (Å²) in [5.41, 5.74) is 0.144. The Hall–Kier alpha value is -1.62. The summed E-state index contributed by atoms with van der Waals surface area (Å²) in [5.74, 6) is 0.933. The summed E-state index contributed by atoms with van der Waals surface area (Å²) in [4.78, 5) is 18.8. The number of hydrogen-bond donors (Lipinski definition) is 2. The zero-order chi connectivity index (χ0) is 14.6. The summed E-state index contributed by atoms with van der Waals surface area (Å²) >= 11 is 0. The van der Waals surface area contributed by atoms with Gasteiger partial charge in [0.2, 0.25) is 5.91 Å². The first-order chi connectivity index (χ1) is 9.53. The van der Waals surface area contributed by atoms with E-state index in [2.05, 4.69) is 20.5 Å². The lowest BCUT2D eigenvalue weighted by molar-refractivity contribution is -0.121. The standard InChI is InChI=1S/C15H24N4O/c1-15(2,16-3)14(20)18-12-7-8-13(17-11-12)19-9-5-4-6-10-19/h7-8,11,16H,4-6,9-10H2,1-3H3,(H,18,20). The Morgan fingerprint density at radius 1 is 1.25 bits per heavy atom. The molecule has 2 heterocycles. The van der Waals surface area contributed by atoms with Gasteiger partial charge in [0, 0.05) is 13.1 Å². The predicted octanol–water partition coefficient (Wildman–Crippen LogP) is 2.01. The summed E-state index contributed by atoms with van der Waals surface area (Å²) in [6, 6.07) is 3.90. The molecule has 1 aromatic rings. The van der Waals surface area contributed by atoms with Gasteiger partial charge in [-0.1, -0.05) is 0 Å². The van der Waals surface area contributed by atoms with Crippen LogP contribution in [0.2, 0.25) is 0 Å². The van der Waals surface area contributed by atoms with Gasteiger partial charge < -0.3 is 15.5 Å². The number of rotatable bonds is 4. The molecule has 0 saturated carbocycles. The highest BCUT2D eigenvalue weighted by molar-refractivity contribution is 5.97. The molecule has 1 aliphatic rings. The van der Waals surface area contributed by atoms with E-state index in [4.69, 9.17) is 0 Å². The average Bonchev–Trinajstić information content (AvgIpc) is 2.49. The Kier molecular flexibility index (Phi) is 4.60. The fraction of sp³-hybridized carbons (Fsp3) is 0.600. The van der Waals surface area contributed by atoms with Crippen molar-refractivity contribution in [3.8, 4) is 0 Å². The lowest BCUT2D eigenvalue weighted by atomic mass is 10.1.